The summed E-state index contributed by atoms with van der Waals surface area (Å²) in [6.07, 6.45) is 3.93. The van der Waals surface area contributed by atoms with Gasteiger partial charge in [0.15, 0.2) is 18.2 Å². The summed E-state index contributed by atoms with van der Waals surface area (Å²) in [5.74, 6) is -2.88. The SMILES string of the molecule is COC(=O)/C=C/[C@]1(C)C[C@@H](OC(=O)COc2ccc3c(c2F)B(O)OC3)[C@@]2(C)[C@@H]3C(=O)CC[C@@]3(CC[C@@H]2C)[C@@H](C)[C@@H]1O. The van der Waals surface area contributed by atoms with Crippen molar-refractivity contribution in [1.29, 1.82) is 0 Å². The predicted molar refractivity (Wildman–Crippen MR) is 150 cm³/mol. The number of carbonyl (C=O) groups excluding carboxylic acids is 3. The molecule has 0 radical (unpaired) electrons. The van der Waals surface area contributed by atoms with Gasteiger partial charge in [-0.3, -0.25) is 4.79 Å². The van der Waals surface area contributed by atoms with Crippen molar-refractivity contribution >= 4 is 30.3 Å². The molecular formula is C31H40BFO9. The number of carbonyl (C=O) groups is 3. The van der Waals surface area contributed by atoms with Crippen LogP contribution >= 0.6 is 0 Å². The molecule has 5 rings (SSSR count). The van der Waals surface area contributed by atoms with Crippen LogP contribution in [0.2, 0.25) is 0 Å². The third-order valence-electron chi connectivity index (χ3n) is 11.1. The zero-order valence-corrected chi connectivity index (χ0v) is 24.9. The van der Waals surface area contributed by atoms with Crippen LogP contribution in [0.25, 0.3) is 0 Å². The maximum atomic E-state index is 15.0. The van der Waals surface area contributed by atoms with Gasteiger partial charge in [-0.1, -0.05) is 39.8 Å². The third-order valence-corrected chi connectivity index (χ3v) is 11.1. The fourth-order valence-corrected chi connectivity index (χ4v) is 8.49. The minimum atomic E-state index is -1.41. The molecule has 0 unspecified atom stereocenters. The molecule has 8 atom stereocenters. The first kappa shape index (κ1) is 30.7. The van der Waals surface area contributed by atoms with Crippen molar-refractivity contribution in [3.63, 3.8) is 0 Å². The number of ketones is 1. The molecule has 0 aromatic heterocycles. The Hall–Kier alpha value is -2.76. The average Bonchev–Trinajstić information content (AvgIpc) is 3.52. The van der Waals surface area contributed by atoms with Crippen molar-refractivity contribution in [1.82, 2.24) is 0 Å². The number of ether oxygens (including phenoxy) is 3. The smallest absolute Gasteiger partial charge is 0.479 e. The average molecular weight is 586 g/mol. The number of benzene rings is 1. The lowest BCUT2D eigenvalue weighted by atomic mass is 9.44. The number of halogens is 1. The summed E-state index contributed by atoms with van der Waals surface area (Å²) < 4.78 is 36.6. The van der Waals surface area contributed by atoms with E-state index in [9.17, 15) is 24.5 Å². The molecule has 4 aliphatic rings. The maximum Gasteiger partial charge on any atom is 0.494 e. The van der Waals surface area contributed by atoms with E-state index in [-0.39, 0.29) is 41.9 Å². The standard InChI is InChI=1S/C31H40BFO9/c1-17-8-12-31-13-9-20(34)27(31)30(17,4)22(14-29(3,28(37)18(31)2)11-10-23(35)39-5)42-24(36)16-40-21-7-6-19-15-41-32(38)25(19)26(21)33/h6-7,10-11,17-18,22,27-28,37-38H,8-9,12-16H2,1-5H3/b11-10+/t17-,18-,22+,27-,28-,29+,30-,31-/m0/s1. The minimum Gasteiger partial charge on any atom is -0.479 e. The molecule has 0 saturated heterocycles. The van der Waals surface area contributed by atoms with Crippen molar-refractivity contribution in [2.45, 2.75) is 78.6 Å². The summed E-state index contributed by atoms with van der Waals surface area (Å²) in [7, 11) is -0.137. The van der Waals surface area contributed by atoms with E-state index in [1.54, 1.807) is 12.1 Å². The molecule has 1 aliphatic heterocycles. The predicted octanol–water partition coefficient (Wildman–Crippen LogP) is 2.87. The molecule has 11 heteroatoms. The van der Waals surface area contributed by atoms with E-state index in [1.807, 2.05) is 20.8 Å². The largest absolute Gasteiger partial charge is 0.494 e. The van der Waals surface area contributed by atoms with Crippen molar-refractivity contribution in [2.75, 3.05) is 13.7 Å². The van der Waals surface area contributed by atoms with Crippen LogP contribution in [-0.4, -0.2) is 60.9 Å². The Morgan fingerprint density at radius 1 is 1.24 bits per heavy atom. The Kier molecular flexibility index (Phi) is 8.09. The number of aliphatic hydroxyl groups excluding tert-OH is 1. The maximum absolute atomic E-state index is 15.0. The van der Waals surface area contributed by atoms with E-state index in [0.717, 1.165) is 12.8 Å². The molecule has 228 valence electrons. The van der Waals surface area contributed by atoms with Crippen molar-refractivity contribution in [3.8, 4) is 5.75 Å². The number of Topliss-reactive ketones (excluding diaryl/α,β-unsaturated/α-hetero) is 1. The Morgan fingerprint density at radius 2 is 1.98 bits per heavy atom. The molecular weight excluding hydrogens is 546 g/mol. The van der Waals surface area contributed by atoms with E-state index in [1.165, 1.54) is 19.3 Å². The van der Waals surface area contributed by atoms with Crippen molar-refractivity contribution < 1.29 is 47.8 Å². The first-order valence-corrected chi connectivity index (χ1v) is 14.7. The lowest BCUT2D eigenvalue weighted by Gasteiger charge is -2.61. The molecule has 1 heterocycles. The van der Waals surface area contributed by atoms with Crippen LogP contribution in [0.5, 0.6) is 5.75 Å². The van der Waals surface area contributed by atoms with E-state index in [2.05, 4.69) is 6.92 Å². The highest BCUT2D eigenvalue weighted by atomic mass is 19.1. The summed E-state index contributed by atoms with van der Waals surface area (Å²) in [5, 5.41) is 21.8. The van der Waals surface area contributed by atoms with Gasteiger partial charge in [0.05, 0.1) is 19.8 Å². The van der Waals surface area contributed by atoms with E-state index in [4.69, 9.17) is 18.9 Å². The van der Waals surface area contributed by atoms with E-state index in [0.29, 0.717) is 18.4 Å². The normalized spacial score (nSPS) is 37.6. The van der Waals surface area contributed by atoms with Gasteiger partial charge < -0.3 is 29.0 Å². The molecule has 42 heavy (non-hydrogen) atoms. The minimum absolute atomic E-state index is 0.0169. The Balaban J connectivity index is 1.48. The third kappa shape index (κ3) is 4.77. The van der Waals surface area contributed by atoms with Gasteiger partial charge in [0, 0.05) is 34.7 Å². The highest BCUT2D eigenvalue weighted by Gasteiger charge is 2.68. The quantitative estimate of drug-likeness (QED) is 0.294. The van der Waals surface area contributed by atoms with Gasteiger partial charge in [0.1, 0.15) is 11.9 Å². The summed E-state index contributed by atoms with van der Waals surface area (Å²) in [6, 6.07) is 2.95. The van der Waals surface area contributed by atoms with Crippen LogP contribution in [-0.2, 0) is 35.1 Å². The van der Waals surface area contributed by atoms with Crippen LogP contribution in [0.15, 0.2) is 24.3 Å². The Morgan fingerprint density at radius 3 is 2.69 bits per heavy atom. The van der Waals surface area contributed by atoms with Crippen molar-refractivity contribution in [3.05, 3.63) is 35.7 Å². The molecule has 0 spiro atoms. The number of hydrogen-bond donors (Lipinski definition) is 2. The number of esters is 2. The van der Waals surface area contributed by atoms with Gasteiger partial charge in [-0.05, 0) is 54.6 Å². The number of methoxy groups -OCH3 is 1. The second-order valence-electron chi connectivity index (χ2n) is 13.1. The van der Waals surface area contributed by atoms with Gasteiger partial charge in [-0.2, -0.15) is 0 Å². The van der Waals surface area contributed by atoms with Gasteiger partial charge in [0.2, 0.25) is 0 Å². The lowest BCUT2D eigenvalue weighted by molar-refractivity contribution is -0.207. The number of fused-ring (bicyclic) bond motifs is 1. The highest BCUT2D eigenvalue weighted by Crippen LogP contribution is 2.68. The molecule has 3 aliphatic carbocycles. The summed E-state index contributed by atoms with van der Waals surface area (Å²) in [6.45, 7) is 7.37. The zero-order chi connectivity index (χ0) is 30.6. The molecule has 9 nitrogen and oxygen atoms in total. The summed E-state index contributed by atoms with van der Waals surface area (Å²) in [4.78, 5) is 39.0. The fraction of sp³-hybridized carbons (Fsp3) is 0.645. The Labute approximate surface area is 245 Å². The van der Waals surface area contributed by atoms with Gasteiger partial charge in [-0.15, -0.1) is 0 Å². The fourth-order valence-electron chi connectivity index (χ4n) is 8.49. The number of aliphatic hydroxyl groups is 1. The van der Waals surface area contributed by atoms with Crippen LogP contribution in [0.1, 0.15) is 65.4 Å². The van der Waals surface area contributed by atoms with Crippen LogP contribution in [0, 0.1) is 39.8 Å². The van der Waals surface area contributed by atoms with Gasteiger partial charge in [0.25, 0.3) is 0 Å². The first-order valence-electron chi connectivity index (χ1n) is 14.7. The second-order valence-corrected chi connectivity index (χ2v) is 13.1. The van der Waals surface area contributed by atoms with Crippen LogP contribution in [0.4, 0.5) is 4.39 Å². The lowest BCUT2D eigenvalue weighted by Crippen LogP contribution is -2.63. The highest BCUT2D eigenvalue weighted by molar-refractivity contribution is 6.61. The van der Waals surface area contributed by atoms with Gasteiger partial charge in [-0.25, -0.2) is 14.0 Å². The molecule has 2 bridgehead atoms. The Bertz CT molecular complexity index is 1300. The van der Waals surface area contributed by atoms with E-state index < -0.39 is 65.9 Å². The topological polar surface area (TPSA) is 129 Å². The molecule has 3 saturated carbocycles. The van der Waals surface area contributed by atoms with Crippen molar-refractivity contribution in [2.24, 2.45) is 34.0 Å². The van der Waals surface area contributed by atoms with Crippen LogP contribution < -0.4 is 10.2 Å². The molecule has 1 aromatic carbocycles. The monoisotopic (exact) mass is 586 g/mol. The second kappa shape index (κ2) is 11.1. The zero-order valence-electron chi connectivity index (χ0n) is 24.9. The van der Waals surface area contributed by atoms with Gasteiger partial charge >= 0.3 is 19.1 Å². The number of rotatable bonds is 6. The summed E-state index contributed by atoms with van der Waals surface area (Å²) >= 11 is 0. The van der Waals surface area contributed by atoms with Crippen LogP contribution in [0.3, 0.4) is 0 Å². The molecule has 1 aromatic rings. The van der Waals surface area contributed by atoms with E-state index >= 15 is 4.39 Å². The molecule has 2 N–H and O–H groups in total. The molecule has 3 fully saturated rings. The molecule has 0 amide bonds. The number of hydrogen-bond acceptors (Lipinski definition) is 9. The first-order chi connectivity index (χ1) is 19.8. The summed E-state index contributed by atoms with van der Waals surface area (Å²) in [5.41, 5.74) is -1.74.